The summed E-state index contributed by atoms with van der Waals surface area (Å²) in [7, 11) is 0. The highest BCUT2D eigenvalue weighted by Crippen LogP contribution is 2.18. The van der Waals surface area contributed by atoms with Crippen LogP contribution in [0.3, 0.4) is 0 Å². The Morgan fingerprint density at radius 3 is 2.81 bits per heavy atom. The van der Waals surface area contributed by atoms with Crippen molar-refractivity contribution in [3.05, 3.63) is 41.0 Å². The highest BCUT2D eigenvalue weighted by atomic mass is 16.5. The number of nitrogens with zero attached hydrogens (tertiary/aromatic N) is 2. The third kappa shape index (κ3) is 4.84. The first-order chi connectivity index (χ1) is 10.0. The van der Waals surface area contributed by atoms with Gasteiger partial charge in [0.05, 0.1) is 6.54 Å². The summed E-state index contributed by atoms with van der Waals surface area (Å²) in [6.07, 6.45) is -0.598. The molecule has 6 nitrogen and oxygen atoms in total. The standard InChI is InChI=1S/C15H21N3O3/c1-10-4-5-14(11(2)6-10)20-9-13(19)7-16-8-15-17-12(3)21-18-15/h4-6,13,16,19H,7-9H2,1-3H3. The van der Waals surface area contributed by atoms with Crippen LogP contribution in [0.15, 0.2) is 22.7 Å². The Bertz CT molecular complexity index is 583. The van der Waals surface area contributed by atoms with Crippen LogP contribution < -0.4 is 10.1 Å². The molecule has 1 atom stereocenters. The molecule has 1 unspecified atom stereocenters. The van der Waals surface area contributed by atoms with Gasteiger partial charge in [0.2, 0.25) is 5.89 Å². The molecule has 1 heterocycles. The average molecular weight is 291 g/mol. The summed E-state index contributed by atoms with van der Waals surface area (Å²) in [5.74, 6) is 1.91. The average Bonchev–Trinajstić information content (AvgIpc) is 2.83. The van der Waals surface area contributed by atoms with E-state index in [2.05, 4.69) is 21.5 Å². The van der Waals surface area contributed by atoms with Crippen molar-refractivity contribution in [3.8, 4) is 5.75 Å². The lowest BCUT2D eigenvalue weighted by Gasteiger charge is -2.14. The quantitative estimate of drug-likeness (QED) is 0.805. The molecular formula is C15H21N3O3. The van der Waals surface area contributed by atoms with E-state index in [1.165, 1.54) is 5.56 Å². The Morgan fingerprint density at radius 2 is 2.14 bits per heavy atom. The van der Waals surface area contributed by atoms with Crippen LogP contribution in [0.1, 0.15) is 22.8 Å². The van der Waals surface area contributed by atoms with Crippen molar-refractivity contribution in [2.45, 2.75) is 33.4 Å². The normalized spacial score (nSPS) is 12.4. The third-order valence-corrected chi connectivity index (χ3v) is 2.99. The first-order valence-corrected chi connectivity index (χ1v) is 6.92. The van der Waals surface area contributed by atoms with Crippen molar-refractivity contribution in [3.63, 3.8) is 0 Å². The number of rotatable bonds is 7. The molecule has 0 fully saturated rings. The predicted octanol–water partition coefficient (Wildman–Crippen LogP) is 1.52. The fourth-order valence-corrected chi connectivity index (χ4v) is 1.97. The number of nitrogens with one attached hydrogen (secondary N) is 1. The van der Waals surface area contributed by atoms with Gasteiger partial charge in [0.15, 0.2) is 5.82 Å². The van der Waals surface area contributed by atoms with Crippen molar-refractivity contribution in [2.24, 2.45) is 0 Å². The Labute approximate surface area is 124 Å². The summed E-state index contributed by atoms with van der Waals surface area (Å²) < 4.78 is 10.5. The predicted molar refractivity (Wildman–Crippen MR) is 78.2 cm³/mol. The van der Waals surface area contributed by atoms with Crippen LogP contribution in [0, 0.1) is 20.8 Å². The molecule has 114 valence electrons. The number of hydrogen-bond donors (Lipinski definition) is 2. The van der Waals surface area contributed by atoms with Crippen molar-refractivity contribution in [1.82, 2.24) is 15.5 Å². The second-order valence-electron chi connectivity index (χ2n) is 5.09. The number of benzene rings is 1. The van der Waals surface area contributed by atoms with Gasteiger partial charge in [0.25, 0.3) is 0 Å². The van der Waals surface area contributed by atoms with E-state index in [1.807, 2.05) is 26.0 Å². The van der Waals surface area contributed by atoms with E-state index in [1.54, 1.807) is 6.92 Å². The van der Waals surface area contributed by atoms with Gasteiger partial charge in [-0.3, -0.25) is 0 Å². The largest absolute Gasteiger partial charge is 0.491 e. The lowest BCUT2D eigenvalue weighted by Crippen LogP contribution is -2.31. The van der Waals surface area contributed by atoms with Gasteiger partial charge in [0, 0.05) is 13.5 Å². The van der Waals surface area contributed by atoms with Crippen LogP contribution in [0.4, 0.5) is 0 Å². The van der Waals surface area contributed by atoms with Gasteiger partial charge in [-0.1, -0.05) is 22.9 Å². The highest BCUT2D eigenvalue weighted by molar-refractivity contribution is 5.35. The summed E-state index contributed by atoms with van der Waals surface area (Å²) in [6, 6.07) is 5.97. The van der Waals surface area contributed by atoms with Crippen molar-refractivity contribution in [2.75, 3.05) is 13.2 Å². The van der Waals surface area contributed by atoms with Crippen molar-refractivity contribution < 1.29 is 14.4 Å². The second-order valence-corrected chi connectivity index (χ2v) is 5.09. The molecule has 0 bridgehead atoms. The molecule has 2 N–H and O–H groups in total. The molecule has 0 saturated carbocycles. The van der Waals surface area contributed by atoms with E-state index in [0.717, 1.165) is 11.3 Å². The van der Waals surface area contributed by atoms with Gasteiger partial charge in [-0.2, -0.15) is 4.98 Å². The maximum atomic E-state index is 9.89. The molecule has 1 aromatic carbocycles. The molecule has 2 aromatic rings. The smallest absolute Gasteiger partial charge is 0.223 e. The zero-order valence-electron chi connectivity index (χ0n) is 12.6. The van der Waals surface area contributed by atoms with Gasteiger partial charge < -0.3 is 19.7 Å². The molecule has 1 aromatic heterocycles. The maximum absolute atomic E-state index is 9.89. The van der Waals surface area contributed by atoms with E-state index in [-0.39, 0.29) is 6.61 Å². The molecule has 0 aliphatic heterocycles. The summed E-state index contributed by atoms with van der Waals surface area (Å²) in [5.41, 5.74) is 2.26. The van der Waals surface area contributed by atoms with Crippen LogP contribution in [0.25, 0.3) is 0 Å². The number of aryl methyl sites for hydroxylation is 3. The molecule has 6 heteroatoms. The van der Waals surface area contributed by atoms with Gasteiger partial charge in [-0.15, -0.1) is 0 Å². The molecule has 21 heavy (non-hydrogen) atoms. The second kappa shape index (κ2) is 7.19. The summed E-state index contributed by atoms with van der Waals surface area (Å²) >= 11 is 0. The molecule has 0 saturated heterocycles. The number of aliphatic hydroxyl groups is 1. The van der Waals surface area contributed by atoms with E-state index < -0.39 is 6.10 Å². The highest BCUT2D eigenvalue weighted by Gasteiger charge is 2.08. The minimum Gasteiger partial charge on any atom is -0.491 e. The van der Waals surface area contributed by atoms with E-state index >= 15 is 0 Å². The van der Waals surface area contributed by atoms with E-state index in [9.17, 15) is 5.11 Å². The molecule has 0 radical (unpaired) electrons. The summed E-state index contributed by atoms with van der Waals surface area (Å²) in [5, 5.41) is 16.7. The van der Waals surface area contributed by atoms with Crippen molar-refractivity contribution >= 4 is 0 Å². The Morgan fingerprint density at radius 1 is 1.33 bits per heavy atom. The number of ether oxygens (including phenoxy) is 1. The molecule has 0 amide bonds. The summed E-state index contributed by atoms with van der Waals surface area (Å²) in [6.45, 7) is 6.86. The van der Waals surface area contributed by atoms with E-state index in [4.69, 9.17) is 9.26 Å². The lowest BCUT2D eigenvalue weighted by atomic mass is 10.1. The van der Waals surface area contributed by atoms with Gasteiger partial charge in [0.1, 0.15) is 18.5 Å². The SMILES string of the molecule is Cc1ccc(OCC(O)CNCc2noc(C)n2)c(C)c1. The maximum Gasteiger partial charge on any atom is 0.223 e. The van der Waals surface area contributed by atoms with Crippen LogP contribution >= 0.6 is 0 Å². The van der Waals surface area contributed by atoms with E-state index in [0.29, 0.717) is 24.8 Å². The van der Waals surface area contributed by atoms with Gasteiger partial charge in [-0.25, -0.2) is 0 Å². The molecular weight excluding hydrogens is 270 g/mol. The Balaban J connectivity index is 1.70. The zero-order chi connectivity index (χ0) is 15.2. The number of aliphatic hydroxyl groups excluding tert-OH is 1. The molecule has 0 spiro atoms. The van der Waals surface area contributed by atoms with Gasteiger partial charge in [-0.05, 0) is 25.5 Å². The molecule has 0 aliphatic carbocycles. The number of aromatic nitrogens is 2. The zero-order valence-corrected chi connectivity index (χ0v) is 12.6. The number of hydrogen-bond acceptors (Lipinski definition) is 6. The fraction of sp³-hybridized carbons (Fsp3) is 0.467. The van der Waals surface area contributed by atoms with Crippen molar-refractivity contribution in [1.29, 1.82) is 0 Å². The fourth-order valence-electron chi connectivity index (χ4n) is 1.97. The topological polar surface area (TPSA) is 80.4 Å². The monoisotopic (exact) mass is 291 g/mol. The van der Waals surface area contributed by atoms with Crippen LogP contribution in [-0.2, 0) is 6.54 Å². The molecule has 2 rings (SSSR count). The van der Waals surface area contributed by atoms with Crippen LogP contribution in [0.2, 0.25) is 0 Å². The first-order valence-electron chi connectivity index (χ1n) is 6.92. The van der Waals surface area contributed by atoms with Gasteiger partial charge >= 0.3 is 0 Å². The Hall–Kier alpha value is -1.92. The van der Waals surface area contributed by atoms with Crippen LogP contribution in [0.5, 0.6) is 5.75 Å². The first kappa shape index (κ1) is 15.5. The minimum absolute atomic E-state index is 0.238. The minimum atomic E-state index is -0.598. The van der Waals surface area contributed by atoms with Crippen LogP contribution in [-0.4, -0.2) is 34.5 Å². The Kier molecular flexibility index (Phi) is 5.30. The third-order valence-electron chi connectivity index (χ3n) is 2.99. The molecule has 0 aliphatic rings. The summed E-state index contributed by atoms with van der Waals surface area (Å²) in [4.78, 5) is 4.07. The lowest BCUT2D eigenvalue weighted by molar-refractivity contribution is 0.105.